The lowest BCUT2D eigenvalue weighted by Crippen LogP contribution is -2.28. The number of hydrogen-bond acceptors (Lipinski definition) is 5. The number of amides is 1. The first-order valence-electron chi connectivity index (χ1n) is 9.55. The van der Waals surface area contributed by atoms with Crippen LogP contribution >= 0.6 is 0 Å². The van der Waals surface area contributed by atoms with Gasteiger partial charge in [-0.05, 0) is 43.2 Å². The Bertz CT molecular complexity index is 1230. The van der Waals surface area contributed by atoms with Gasteiger partial charge in [0.1, 0.15) is 5.82 Å². The van der Waals surface area contributed by atoms with E-state index < -0.39 is 15.7 Å². The van der Waals surface area contributed by atoms with Crippen LogP contribution in [0.4, 0.5) is 5.69 Å². The van der Waals surface area contributed by atoms with Crippen LogP contribution in [0.15, 0.2) is 58.2 Å². The number of fused-ring (bicyclic) bond motifs is 2. The Morgan fingerprint density at radius 2 is 1.90 bits per heavy atom. The number of carbonyl (C=O) groups is 1. The van der Waals surface area contributed by atoms with Crippen LogP contribution < -0.4 is 10.9 Å². The summed E-state index contributed by atoms with van der Waals surface area (Å²) in [5.74, 6) is 0.0975. The van der Waals surface area contributed by atoms with Crippen molar-refractivity contribution in [3.8, 4) is 0 Å². The number of nitrogens with one attached hydrogen (secondary N) is 1. The summed E-state index contributed by atoms with van der Waals surface area (Å²) in [4.78, 5) is 29.8. The molecule has 1 N–H and O–H groups in total. The Morgan fingerprint density at radius 1 is 1.10 bits per heavy atom. The number of benzene rings is 2. The maximum Gasteiger partial charge on any atom is 0.261 e. The van der Waals surface area contributed by atoms with E-state index in [2.05, 4.69) is 10.3 Å². The summed E-state index contributed by atoms with van der Waals surface area (Å²) in [5.41, 5.74) is 0.954. The molecule has 2 heterocycles. The van der Waals surface area contributed by atoms with Gasteiger partial charge in [-0.3, -0.25) is 14.2 Å². The normalized spacial score (nSPS) is 13.8. The van der Waals surface area contributed by atoms with E-state index in [1.54, 1.807) is 41.0 Å². The predicted molar refractivity (Wildman–Crippen MR) is 111 cm³/mol. The van der Waals surface area contributed by atoms with E-state index in [-0.39, 0.29) is 22.6 Å². The lowest BCUT2D eigenvalue weighted by atomic mass is 10.1. The number of carbonyl (C=O) groups excluding carboxylic acids is 1. The number of rotatable bonds is 5. The summed E-state index contributed by atoms with van der Waals surface area (Å²) < 4.78 is 26.3. The third-order valence-electron chi connectivity index (χ3n) is 5.05. The maximum atomic E-state index is 12.8. The fourth-order valence-corrected chi connectivity index (χ4v) is 4.78. The van der Waals surface area contributed by atoms with E-state index in [1.165, 1.54) is 12.1 Å². The first-order valence-corrected chi connectivity index (χ1v) is 11.2. The first kappa shape index (κ1) is 19.3. The average Bonchev–Trinajstić information content (AvgIpc) is 2.74. The van der Waals surface area contributed by atoms with Crippen LogP contribution in [0.25, 0.3) is 10.9 Å². The molecule has 0 unspecified atom stereocenters. The summed E-state index contributed by atoms with van der Waals surface area (Å²) in [6, 6.07) is 13.0. The van der Waals surface area contributed by atoms with Crippen molar-refractivity contribution in [2.75, 3.05) is 11.1 Å². The lowest BCUT2D eigenvalue weighted by molar-refractivity contribution is -0.115. The molecular formula is C21H21N3O4S. The summed E-state index contributed by atoms with van der Waals surface area (Å²) >= 11 is 0. The first-order chi connectivity index (χ1) is 13.9. The molecule has 1 aromatic heterocycles. The monoisotopic (exact) mass is 411 g/mol. The van der Waals surface area contributed by atoms with Gasteiger partial charge >= 0.3 is 0 Å². The topological polar surface area (TPSA) is 98.1 Å². The number of hydrogen-bond donors (Lipinski definition) is 1. The van der Waals surface area contributed by atoms with E-state index in [0.29, 0.717) is 23.1 Å². The fourth-order valence-electron chi connectivity index (χ4n) is 3.52. The van der Waals surface area contributed by atoms with E-state index >= 15 is 0 Å². The number of anilines is 1. The standard InChI is InChI=1S/C21H21N3O4S/c25-20(11-13-29(27,28)16-6-2-1-3-7-16)22-15-9-10-18-17(14-15)21(26)24-12-5-4-8-19(24)23-18/h1-3,6-7,9-10,14H,4-5,8,11-13H2,(H,22,25). The Balaban J connectivity index is 1.50. The molecule has 0 aliphatic carbocycles. The molecule has 8 heteroatoms. The van der Waals surface area contributed by atoms with Crippen molar-refractivity contribution in [3.05, 3.63) is 64.7 Å². The molecule has 0 saturated carbocycles. The zero-order valence-electron chi connectivity index (χ0n) is 15.8. The molecule has 1 aliphatic rings. The van der Waals surface area contributed by atoms with Gasteiger partial charge in [0, 0.05) is 25.1 Å². The van der Waals surface area contributed by atoms with Gasteiger partial charge in [-0.15, -0.1) is 0 Å². The number of aromatic nitrogens is 2. The quantitative estimate of drug-likeness (QED) is 0.696. The number of aryl methyl sites for hydroxylation is 1. The van der Waals surface area contributed by atoms with Crippen molar-refractivity contribution in [1.82, 2.24) is 9.55 Å². The Kier molecular flexibility index (Phi) is 5.19. The van der Waals surface area contributed by atoms with Gasteiger partial charge in [-0.1, -0.05) is 18.2 Å². The highest BCUT2D eigenvalue weighted by atomic mass is 32.2. The van der Waals surface area contributed by atoms with Gasteiger partial charge in [0.2, 0.25) is 5.91 Å². The minimum atomic E-state index is -3.52. The molecule has 0 saturated heterocycles. The van der Waals surface area contributed by atoms with Crippen molar-refractivity contribution in [2.45, 2.75) is 37.1 Å². The molecule has 150 valence electrons. The van der Waals surface area contributed by atoms with Gasteiger partial charge in [-0.25, -0.2) is 13.4 Å². The van der Waals surface area contributed by atoms with E-state index in [4.69, 9.17) is 0 Å². The third kappa shape index (κ3) is 4.07. The molecule has 0 bridgehead atoms. The van der Waals surface area contributed by atoms with Gasteiger partial charge in [0.05, 0.1) is 21.6 Å². The van der Waals surface area contributed by atoms with Crippen molar-refractivity contribution >= 4 is 32.3 Å². The van der Waals surface area contributed by atoms with Crippen LogP contribution in [0.5, 0.6) is 0 Å². The van der Waals surface area contributed by atoms with Crippen LogP contribution in [0, 0.1) is 0 Å². The highest BCUT2D eigenvalue weighted by Crippen LogP contribution is 2.19. The van der Waals surface area contributed by atoms with E-state index in [1.807, 2.05) is 0 Å². The zero-order chi connectivity index (χ0) is 20.4. The predicted octanol–water partition coefficient (Wildman–Crippen LogP) is 2.54. The van der Waals surface area contributed by atoms with E-state index in [0.717, 1.165) is 25.1 Å². The molecule has 0 spiro atoms. The smallest absolute Gasteiger partial charge is 0.261 e. The molecule has 3 aromatic rings. The summed E-state index contributed by atoms with van der Waals surface area (Å²) in [6.07, 6.45) is 2.60. The highest BCUT2D eigenvalue weighted by Gasteiger charge is 2.17. The van der Waals surface area contributed by atoms with Crippen LogP contribution in [0.3, 0.4) is 0 Å². The summed E-state index contributed by atoms with van der Waals surface area (Å²) in [7, 11) is -3.52. The Morgan fingerprint density at radius 3 is 2.69 bits per heavy atom. The summed E-state index contributed by atoms with van der Waals surface area (Å²) in [5, 5.41) is 3.14. The molecule has 1 aliphatic heterocycles. The van der Waals surface area contributed by atoms with Crippen LogP contribution in [0.2, 0.25) is 0 Å². The van der Waals surface area contributed by atoms with Gasteiger partial charge in [0.25, 0.3) is 5.56 Å². The highest BCUT2D eigenvalue weighted by molar-refractivity contribution is 7.91. The van der Waals surface area contributed by atoms with Crippen LogP contribution in [0.1, 0.15) is 25.1 Å². The second-order valence-electron chi connectivity index (χ2n) is 7.10. The van der Waals surface area contributed by atoms with Crippen molar-refractivity contribution in [1.29, 1.82) is 0 Å². The van der Waals surface area contributed by atoms with Crippen molar-refractivity contribution in [3.63, 3.8) is 0 Å². The van der Waals surface area contributed by atoms with Crippen LogP contribution in [-0.2, 0) is 27.6 Å². The number of nitrogens with zero attached hydrogens (tertiary/aromatic N) is 2. The number of sulfone groups is 1. The molecule has 0 radical (unpaired) electrons. The average molecular weight is 411 g/mol. The zero-order valence-corrected chi connectivity index (χ0v) is 16.6. The van der Waals surface area contributed by atoms with Gasteiger partial charge in [-0.2, -0.15) is 0 Å². The van der Waals surface area contributed by atoms with Crippen LogP contribution in [-0.4, -0.2) is 29.6 Å². The molecule has 29 heavy (non-hydrogen) atoms. The molecule has 7 nitrogen and oxygen atoms in total. The second-order valence-corrected chi connectivity index (χ2v) is 9.21. The minimum Gasteiger partial charge on any atom is -0.326 e. The fraction of sp³-hybridized carbons (Fsp3) is 0.286. The molecule has 1 amide bonds. The molecule has 0 atom stereocenters. The second kappa shape index (κ2) is 7.79. The van der Waals surface area contributed by atoms with E-state index in [9.17, 15) is 18.0 Å². The lowest BCUT2D eigenvalue weighted by Gasteiger charge is -2.18. The Hall–Kier alpha value is -3.00. The largest absolute Gasteiger partial charge is 0.326 e. The minimum absolute atomic E-state index is 0.104. The van der Waals surface area contributed by atoms with Crippen molar-refractivity contribution < 1.29 is 13.2 Å². The molecule has 4 rings (SSSR count). The third-order valence-corrected chi connectivity index (χ3v) is 6.78. The molecular weight excluding hydrogens is 390 g/mol. The van der Waals surface area contributed by atoms with Crippen molar-refractivity contribution in [2.24, 2.45) is 0 Å². The summed E-state index contributed by atoms with van der Waals surface area (Å²) in [6.45, 7) is 0.658. The SMILES string of the molecule is O=C(CCS(=O)(=O)c1ccccc1)Nc1ccc2nc3n(c(=O)c2c1)CCCC3. The van der Waals surface area contributed by atoms with Gasteiger partial charge < -0.3 is 5.32 Å². The Labute approximate surface area is 168 Å². The molecule has 0 fully saturated rings. The molecule has 2 aromatic carbocycles. The van der Waals surface area contributed by atoms with Gasteiger partial charge in [0.15, 0.2) is 9.84 Å². The maximum absolute atomic E-state index is 12.8.